The second kappa shape index (κ2) is 5.61. The van der Waals surface area contributed by atoms with E-state index in [4.69, 9.17) is 4.74 Å². The van der Waals surface area contributed by atoms with Gasteiger partial charge in [-0.25, -0.2) is 0 Å². The molecule has 0 amide bonds. The van der Waals surface area contributed by atoms with E-state index in [1.807, 2.05) is 39.0 Å². The molecule has 0 radical (unpaired) electrons. The summed E-state index contributed by atoms with van der Waals surface area (Å²) in [6, 6.07) is 7.55. The Balaban J connectivity index is 2.46. The van der Waals surface area contributed by atoms with Crippen LogP contribution in [0.15, 0.2) is 39.7 Å². The van der Waals surface area contributed by atoms with E-state index >= 15 is 0 Å². The number of para-hydroxylation sites is 1. The zero-order chi connectivity index (χ0) is 14.0. The smallest absolute Gasteiger partial charge is 0.251 e. The monoisotopic (exact) mass is 321 g/mol. The molecule has 3 nitrogen and oxygen atoms in total. The van der Waals surface area contributed by atoms with E-state index in [-0.39, 0.29) is 5.56 Å². The maximum Gasteiger partial charge on any atom is 0.251 e. The van der Waals surface area contributed by atoms with Gasteiger partial charge in [0.2, 0.25) is 0 Å². The van der Waals surface area contributed by atoms with Crippen molar-refractivity contribution in [2.75, 3.05) is 0 Å². The van der Waals surface area contributed by atoms with Crippen molar-refractivity contribution in [3.05, 3.63) is 56.4 Å². The lowest BCUT2D eigenvalue weighted by molar-refractivity contribution is 0.463. The van der Waals surface area contributed by atoms with Crippen molar-refractivity contribution >= 4 is 15.9 Å². The van der Waals surface area contributed by atoms with Crippen molar-refractivity contribution in [3.8, 4) is 11.5 Å². The average molecular weight is 322 g/mol. The third-order valence-electron chi connectivity index (χ3n) is 3.00. The summed E-state index contributed by atoms with van der Waals surface area (Å²) in [5.41, 5.74) is 2.10. The van der Waals surface area contributed by atoms with Gasteiger partial charge in [-0.2, -0.15) is 0 Å². The van der Waals surface area contributed by atoms with Gasteiger partial charge in [-0.1, -0.05) is 18.2 Å². The number of nitrogens with zero attached hydrogens (tertiary/aromatic N) is 1. The van der Waals surface area contributed by atoms with Gasteiger partial charge in [0.05, 0.1) is 10.7 Å². The molecule has 0 N–H and O–H groups in total. The predicted octanol–water partition coefficient (Wildman–Crippen LogP) is 4.04. The molecule has 4 heteroatoms. The van der Waals surface area contributed by atoms with Crippen LogP contribution in [-0.2, 0) is 6.54 Å². The summed E-state index contributed by atoms with van der Waals surface area (Å²) in [5.74, 6) is 1.49. The molecule has 2 rings (SSSR count). The third kappa shape index (κ3) is 2.89. The summed E-state index contributed by atoms with van der Waals surface area (Å²) in [5, 5.41) is 0. The Hall–Kier alpha value is -1.55. The SMILES string of the molecule is CCn1cc(Oc2c(C)cccc2C)c(Br)cc1=O. The molecule has 0 spiro atoms. The molecule has 0 aliphatic heterocycles. The van der Waals surface area contributed by atoms with E-state index in [1.54, 1.807) is 10.8 Å². The molecule has 0 saturated heterocycles. The van der Waals surface area contributed by atoms with Crippen LogP contribution >= 0.6 is 15.9 Å². The first-order valence-electron chi connectivity index (χ1n) is 6.17. The fourth-order valence-corrected chi connectivity index (χ4v) is 2.30. The van der Waals surface area contributed by atoms with E-state index in [0.717, 1.165) is 16.9 Å². The van der Waals surface area contributed by atoms with Crippen molar-refractivity contribution in [2.24, 2.45) is 0 Å². The zero-order valence-corrected chi connectivity index (χ0v) is 12.8. The lowest BCUT2D eigenvalue weighted by Gasteiger charge is -2.14. The lowest BCUT2D eigenvalue weighted by atomic mass is 10.1. The minimum absolute atomic E-state index is 0.0387. The minimum atomic E-state index is -0.0387. The molecule has 0 saturated carbocycles. The highest BCUT2D eigenvalue weighted by Gasteiger charge is 2.09. The highest BCUT2D eigenvalue weighted by molar-refractivity contribution is 9.10. The van der Waals surface area contributed by atoms with Gasteiger partial charge in [0.15, 0.2) is 5.75 Å². The Morgan fingerprint density at radius 2 is 1.89 bits per heavy atom. The number of aromatic nitrogens is 1. The number of hydrogen-bond donors (Lipinski definition) is 0. The normalized spacial score (nSPS) is 10.5. The maximum atomic E-state index is 11.7. The summed E-state index contributed by atoms with van der Waals surface area (Å²) in [4.78, 5) is 11.7. The van der Waals surface area contributed by atoms with Crippen LogP contribution in [0, 0.1) is 13.8 Å². The van der Waals surface area contributed by atoms with Crippen LogP contribution in [-0.4, -0.2) is 4.57 Å². The van der Waals surface area contributed by atoms with Crippen LogP contribution < -0.4 is 10.3 Å². The van der Waals surface area contributed by atoms with Crippen LogP contribution in [0.2, 0.25) is 0 Å². The molecule has 1 heterocycles. The van der Waals surface area contributed by atoms with E-state index in [9.17, 15) is 4.79 Å². The van der Waals surface area contributed by atoms with Crippen LogP contribution in [0.5, 0.6) is 11.5 Å². The van der Waals surface area contributed by atoms with Crippen molar-refractivity contribution in [1.29, 1.82) is 0 Å². The minimum Gasteiger partial charge on any atom is -0.454 e. The summed E-state index contributed by atoms with van der Waals surface area (Å²) >= 11 is 3.38. The fraction of sp³-hybridized carbons (Fsp3) is 0.267. The highest BCUT2D eigenvalue weighted by atomic mass is 79.9. The Morgan fingerprint density at radius 1 is 1.26 bits per heavy atom. The van der Waals surface area contributed by atoms with Gasteiger partial charge in [-0.15, -0.1) is 0 Å². The van der Waals surface area contributed by atoms with Crippen molar-refractivity contribution in [1.82, 2.24) is 4.57 Å². The molecule has 2 aromatic rings. The van der Waals surface area contributed by atoms with Gasteiger partial charge in [0, 0.05) is 12.6 Å². The first kappa shape index (κ1) is 13.9. The number of benzene rings is 1. The highest BCUT2D eigenvalue weighted by Crippen LogP contribution is 2.32. The first-order valence-corrected chi connectivity index (χ1v) is 6.96. The molecule has 19 heavy (non-hydrogen) atoms. The Labute approximate surface area is 121 Å². The molecule has 0 aliphatic rings. The standard InChI is InChI=1S/C15H16BrNO2/c1-4-17-9-13(12(16)8-14(17)18)19-15-10(2)6-5-7-11(15)3/h5-9H,4H2,1-3H3. The summed E-state index contributed by atoms with van der Waals surface area (Å²) in [6.45, 7) is 6.56. The Bertz CT molecular complexity index is 641. The topological polar surface area (TPSA) is 31.2 Å². The van der Waals surface area contributed by atoms with Crippen LogP contribution in [0.1, 0.15) is 18.1 Å². The molecule has 100 valence electrons. The largest absolute Gasteiger partial charge is 0.454 e. The number of rotatable bonds is 3. The van der Waals surface area contributed by atoms with Crippen molar-refractivity contribution < 1.29 is 4.74 Å². The van der Waals surface area contributed by atoms with Gasteiger partial charge < -0.3 is 9.30 Å². The van der Waals surface area contributed by atoms with Gasteiger partial charge in [0.1, 0.15) is 5.75 Å². The second-order valence-electron chi connectivity index (χ2n) is 4.43. The van der Waals surface area contributed by atoms with Crippen LogP contribution in [0.4, 0.5) is 0 Å². The molecule has 0 atom stereocenters. The molecular weight excluding hydrogens is 306 g/mol. The van der Waals surface area contributed by atoms with Gasteiger partial charge in [-0.3, -0.25) is 4.79 Å². The summed E-state index contributed by atoms with van der Waals surface area (Å²) in [6.07, 6.45) is 1.73. The second-order valence-corrected chi connectivity index (χ2v) is 5.29. The van der Waals surface area contributed by atoms with E-state index in [0.29, 0.717) is 16.8 Å². The number of aryl methyl sites for hydroxylation is 3. The maximum absolute atomic E-state index is 11.7. The molecule has 0 aliphatic carbocycles. The average Bonchev–Trinajstić information content (AvgIpc) is 2.36. The molecule has 0 bridgehead atoms. The van der Waals surface area contributed by atoms with Crippen molar-refractivity contribution in [3.63, 3.8) is 0 Å². The van der Waals surface area contributed by atoms with E-state index < -0.39 is 0 Å². The molecule has 1 aromatic carbocycles. The third-order valence-corrected chi connectivity index (χ3v) is 3.62. The van der Waals surface area contributed by atoms with Gasteiger partial charge >= 0.3 is 0 Å². The number of halogens is 1. The fourth-order valence-electron chi connectivity index (χ4n) is 1.92. The predicted molar refractivity (Wildman–Crippen MR) is 80.1 cm³/mol. The van der Waals surface area contributed by atoms with Crippen molar-refractivity contribution in [2.45, 2.75) is 27.3 Å². The number of hydrogen-bond acceptors (Lipinski definition) is 2. The number of ether oxygens (including phenoxy) is 1. The van der Waals surface area contributed by atoms with Gasteiger partial charge in [0.25, 0.3) is 5.56 Å². The molecule has 0 fully saturated rings. The van der Waals surface area contributed by atoms with Gasteiger partial charge in [-0.05, 0) is 47.8 Å². The quantitative estimate of drug-likeness (QED) is 0.854. The van der Waals surface area contributed by atoms with Crippen LogP contribution in [0.3, 0.4) is 0 Å². The van der Waals surface area contributed by atoms with Crippen LogP contribution in [0.25, 0.3) is 0 Å². The number of pyridine rings is 1. The Kier molecular flexibility index (Phi) is 4.10. The summed E-state index contributed by atoms with van der Waals surface area (Å²) in [7, 11) is 0. The van der Waals surface area contributed by atoms with E-state index in [2.05, 4.69) is 15.9 Å². The Morgan fingerprint density at radius 3 is 2.47 bits per heavy atom. The molecular formula is C15H16BrNO2. The zero-order valence-electron chi connectivity index (χ0n) is 11.2. The lowest BCUT2D eigenvalue weighted by Crippen LogP contribution is -2.17. The first-order chi connectivity index (χ1) is 9.02. The molecule has 1 aromatic heterocycles. The van der Waals surface area contributed by atoms with E-state index in [1.165, 1.54) is 6.07 Å². The summed E-state index contributed by atoms with van der Waals surface area (Å²) < 4.78 is 8.25. The molecule has 0 unspecified atom stereocenters.